The fourth-order valence-corrected chi connectivity index (χ4v) is 2.42. The van der Waals surface area contributed by atoms with Gasteiger partial charge < -0.3 is 10.6 Å². The topological polar surface area (TPSA) is 54.0 Å². The van der Waals surface area contributed by atoms with Crippen molar-refractivity contribution >= 4 is 46.2 Å². The van der Waals surface area contributed by atoms with Crippen LogP contribution in [0.2, 0.25) is 10.0 Å². The molecule has 0 spiro atoms. The van der Waals surface area contributed by atoms with Gasteiger partial charge in [0.2, 0.25) is 0 Å². The number of benzene rings is 2. The molecule has 0 aliphatic rings. The van der Waals surface area contributed by atoms with E-state index in [1.54, 1.807) is 48.7 Å². The molecule has 2 N–H and O–H groups in total. The average Bonchev–Trinajstić information content (AvgIpc) is 2.57. The first-order valence-electron chi connectivity index (χ1n) is 7.15. The van der Waals surface area contributed by atoms with Gasteiger partial charge >= 0.3 is 0 Å². The zero-order chi connectivity index (χ0) is 16.9. The predicted molar refractivity (Wildman–Crippen MR) is 98.4 cm³/mol. The minimum absolute atomic E-state index is 0.250. The quantitative estimate of drug-likeness (QED) is 0.658. The van der Waals surface area contributed by atoms with Gasteiger partial charge in [0, 0.05) is 27.6 Å². The summed E-state index contributed by atoms with van der Waals surface area (Å²) in [6.07, 6.45) is 3.15. The molecule has 1 aromatic heterocycles. The highest BCUT2D eigenvalue weighted by Crippen LogP contribution is 2.21. The van der Waals surface area contributed by atoms with Crippen LogP contribution < -0.4 is 10.6 Å². The van der Waals surface area contributed by atoms with E-state index in [1.807, 2.05) is 12.1 Å². The summed E-state index contributed by atoms with van der Waals surface area (Å²) >= 11 is 11.8. The van der Waals surface area contributed by atoms with Gasteiger partial charge in [0.05, 0.1) is 17.4 Å². The minimum atomic E-state index is -0.250. The Hall–Kier alpha value is -2.56. The predicted octanol–water partition coefficient (Wildman–Crippen LogP) is 5.38. The third-order valence-electron chi connectivity index (χ3n) is 3.22. The molecule has 24 heavy (non-hydrogen) atoms. The summed E-state index contributed by atoms with van der Waals surface area (Å²) in [5.41, 5.74) is 2.62. The molecule has 0 aliphatic carbocycles. The zero-order valence-corrected chi connectivity index (χ0v) is 14.0. The Morgan fingerprint density at radius 2 is 1.62 bits per heavy atom. The van der Waals surface area contributed by atoms with Gasteiger partial charge in [-0.3, -0.25) is 9.78 Å². The van der Waals surface area contributed by atoms with Crippen molar-refractivity contribution in [3.63, 3.8) is 0 Å². The number of halogens is 2. The van der Waals surface area contributed by atoms with Crippen LogP contribution in [0.25, 0.3) is 0 Å². The van der Waals surface area contributed by atoms with E-state index in [1.165, 1.54) is 6.20 Å². The van der Waals surface area contributed by atoms with Crippen molar-refractivity contribution in [3.05, 3.63) is 82.6 Å². The number of pyridine rings is 1. The van der Waals surface area contributed by atoms with Crippen LogP contribution in [0.4, 0.5) is 17.1 Å². The first-order chi connectivity index (χ1) is 11.6. The summed E-state index contributed by atoms with van der Waals surface area (Å²) in [7, 11) is 0. The molecule has 0 atom stereocenters. The summed E-state index contributed by atoms with van der Waals surface area (Å²) in [6, 6.07) is 15.9. The van der Waals surface area contributed by atoms with E-state index in [9.17, 15) is 4.79 Å². The van der Waals surface area contributed by atoms with E-state index in [4.69, 9.17) is 23.2 Å². The Morgan fingerprint density at radius 1 is 0.833 bits per heavy atom. The van der Waals surface area contributed by atoms with Crippen LogP contribution in [0.1, 0.15) is 10.4 Å². The van der Waals surface area contributed by atoms with E-state index < -0.39 is 0 Å². The number of carbonyl (C=O) groups excluding carboxylic acids is 1. The number of carbonyl (C=O) groups is 1. The number of hydrogen-bond acceptors (Lipinski definition) is 3. The first kappa shape index (κ1) is 16.3. The monoisotopic (exact) mass is 357 g/mol. The first-order valence-corrected chi connectivity index (χ1v) is 7.90. The Bertz CT molecular complexity index is 866. The molecular weight excluding hydrogens is 345 g/mol. The zero-order valence-electron chi connectivity index (χ0n) is 12.5. The fraction of sp³-hybridized carbons (Fsp3) is 0. The normalized spacial score (nSPS) is 10.2. The largest absolute Gasteiger partial charge is 0.354 e. The summed E-state index contributed by atoms with van der Waals surface area (Å²) < 4.78 is 0. The molecule has 6 heteroatoms. The van der Waals surface area contributed by atoms with Gasteiger partial charge in [-0.15, -0.1) is 0 Å². The van der Waals surface area contributed by atoms with Crippen molar-refractivity contribution in [2.75, 3.05) is 10.6 Å². The average molecular weight is 358 g/mol. The van der Waals surface area contributed by atoms with Gasteiger partial charge in [0.1, 0.15) is 0 Å². The second kappa shape index (κ2) is 7.34. The summed E-state index contributed by atoms with van der Waals surface area (Å²) in [5, 5.41) is 7.21. The second-order valence-corrected chi connectivity index (χ2v) is 5.93. The molecule has 0 saturated carbocycles. The third kappa shape index (κ3) is 4.25. The van der Waals surface area contributed by atoms with E-state index in [0.717, 1.165) is 5.69 Å². The second-order valence-electron chi connectivity index (χ2n) is 5.06. The number of nitrogens with zero attached hydrogens (tertiary/aromatic N) is 1. The Kier molecular flexibility index (Phi) is 4.99. The summed E-state index contributed by atoms with van der Waals surface area (Å²) in [4.78, 5) is 16.4. The van der Waals surface area contributed by atoms with E-state index in [-0.39, 0.29) is 5.91 Å². The molecule has 1 heterocycles. The SMILES string of the molecule is O=C(Nc1ccc(Cl)cc1)c1cncc(Nc2cccc(Cl)c2)c1. The van der Waals surface area contributed by atoms with Crippen molar-refractivity contribution in [1.82, 2.24) is 4.98 Å². The van der Waals surface area contributed by atoms with Gasteiger partial charge in [-0.1, -0.05) is 29.3 Å². The molecule has 0 unspecified atom stereocenters. The van der Waals surface area contributed by atoms with Gasteiger partial charge in [0.15, 0.2) is 0 Å². The molecule has 3 rings (SSSR count). The van der Waals surface area contributed by atoms with Crippen LogP contribution in [-0.4, -0.2) is 10.9 Å². The molecule has 0 radical (unpaired) electrons. The molecule has 0 fully saturated rings. The van der Waals surface area contributed by atoms with Crippen LogP contribution in [0, 0.1) is 0 Å². The molecule has 3 aromatic rings. The highest BCUT2D eigenvalue weighted by atomic mass is 35.5. The lowest BCUT2D eigenvalue weighted by molar-refractivity contribution is 0.102. The van der Waals surface area contributed by atoms with Gasteiger partial charge in [0.25, 0.3) is 5.91 Å². The molecule has 0 aliphatic heterocycles. The molecule has 1 amide bonds. The maximum atomic E-state index is 12.3. The van der Waals surface area contributed by atoms with Crippen molar-refractivity contribution < 1.29 is 4.79 Å². The van der Waals surface area contributed by atoms with Crippen molar-refractivity contribution in [2.24, 2.45) is 0 Å². The van der Waals surface area contributed by atoms with E-state index >= 15 is 0 Å². The molecule has 0 bridgehead atoms. The van der Waals surface area contributed by atoms with E-state index in [0.29, 0.717) is 27.0 Å². The Balaban J connectivity index is 1.74. The highest BCUT2D eigenvalue weighted by Gasteiger charge is 2.08. The lowest BCUT2D eigenvalue weighted by Crippen LogP contribution is -2.12. The van der Waals surface area contributed by atoms with Gasteiger partial charge in [-0.2, -0.15) is 0 Å². The lowest BCUT2D eigenvalue weighted by atomic mass is 10.2. The fourth-order valence-electron chi connectivity index (χ4n) is 2.10. The molecular formula is C18H13Cl2N3O. The number of amides is 1. The maximum absolute atomic E-state index is 12.3. The van der Waals surface area contributed by atoms with Crippen molar-refractivity contribution in [3.8, 4) is 0 Å². The maximum Gasteiger partial charge on any atom is 0.257 e. The number of rotatable bonds is 4. The van der Waals surface area contributed by atoms with E-state index in [2.05, 4.69) is 15.6 Å². The molecule has 120 valence electrons. The third-order valence-corrected chi connectivity index (χ3v) is 3.70. The number of hydrogen-bond donors (Lipinski definition) is 2. The highest BCUT2D eigenvalue weighted by molar-refractivity contribution is 6.31. The van der Waals surface area contributed by atoms with Crippen LogP contribution in [0.3, 0.4) is 0 Å². The molecule has 0 saturated heterocycles. The van der Waals surface area contributed by atoms with Gasteiger partial charge in [-0.05, 0) is 48.5 Å². The molecule has 2 aromatic carbocycles. The number of aromatic nitrogens is 1. The smallest absolute Gasteiger partial charge is 0.257 e. The standard InChI is InChI=1S/C18H13Cl2N3O/c19-13-4-6-15(7-5-13)23-18(24)12-8-17(11-21-10-12)22-16-3-1-2-14(20)9-16/h1-11,22H,(H,23,24). The van der Waals surface area contributed by atoms with Crippen molar-refractivity contribution in [2.45, 2.75) is 0 Å². The van der Waals surface area contributed by atoms with Crippen LogP contribution in [0.15, 0.2) is 67.0 Å². The lowest BCUT2D eigenvalue weighted by Gasteiger charge is -2.09. The Morgan fingerprint density at radius 3 is 2.38 bits per heavy atom. The molecule has 4 nitrogen and oxygen atoms in total. The van der Waals surface area contributed by atoms with Crippen LogP contribution >= 0.6 is 23.2 Å². The minimum Gasteiger partial charge on any atom is -0.354 e. The summed E-state index contributed by atoms with van der Waals surface area (Å²) in [5.74, 6) is -0.250. The number of anilines is 3. The summed E-state index contributed by atoms with van der Waals surface area (Å²) in [6.45, 7) is 0. The van der Waals surface area contributed by atoms with Gasteiger partial charge in [-0.25, -0.2) is 0 Å². The van der Waals surface area contributed by atoms with Crippen LogP contribution in [0.5, 0.6) is 0 Å². The number of nitrogens with one attached hydrogen (secondary N) is 2. The van der Waals surface area contributed by atoms with Crippen LogP contribution in [-0.2, 0) is 0 Å². The van der Waals surface area contributed by atoms with Crippen molar-refractivity contribution in [1.29, 1.82) is 0 Å². The Labute approximate surface area is 149 Å².